The maximum atomic E-state index is 4.62. The van der Waals surface area contributed by atoms with Crippen molar-refractivity contribution in [3.05, 3.63) is 15.0 Å². The molecule has 4 N–H and O–H groups in total. The zero-order chi connectivity index (χ0) is 10.6. The van der Waals surface area contributed by atoms with Gasteiger partial charge in [-0.2, -0.15) is 0 Å². The van der Waals surface area contributed by atoms with Crippen molar-refractivity contribution in [1.29, 1.82) is 0 Å². The highest BCUT2D eigenvalue weighted by Crippen LogP contribution is 2.18. The SMILES string of the molecule is Cc1c(Br)nc(Br)n1C.NC(N)=S. The fourth-order valence-corrected chi connectivity index (χ4v) is 1.63. The number of hydrogen-bond donors (Lipinski definition) is 2. The molecule has 13 heavy (non-hydrogen) atoms. The molecule has 0 aromatic carbocycles. The van der Waals surface area contributed by atoms with Crippen molar-refractivity contribution in [2.24, 2.45) is 18.5 Å². The van der Waals surface area contributed by atoms with E-state index >= 15 is 0 Å². The molecule has 0 fully saturated rings. The van der Waals surface area contributed by atoms with Crippen molar-refractivity contribution < 1.29 is 0 Å². The van der Waals surface area contributed by atoms with Gasteiger partial charge < -0.3 is 16.0 Å². The summed E-state index contributed by atoms with van der Waals surface area (Å²) in [4.78, 5) is 4.11. The van der Waals surface area contributed by atoms with Gasteiger partial charge in [0.05, 0.1) is 0 Å². The zero-order valence-corrected chi connectivity index (χ0v) is 11.2. The van der Waals surface area contributed by atoms with E-state index < -0.39 is 0 Å². The lowest BCUT2D eigenvalue weighted by Crippen LogP contribution is -2.18. The molecule has 1 aromatic heterocycles. The minimum absolute atomic E-state index is 0.000000000000000222. The Bertz CT molecular complexity index is 283. The molecule has 0 saturated carbocycles. The predicted molar refractivity (Wildman–Crippen MR) is 64.3 cm³/mol. The summed E-state index contributed by atoms with van der Waals surface area (Å²) in [5, 5.41) is 0.000000000000000222. The first-order chi connectivity index (χ1) is 5.86. The van der Waals surface area contributed by atoms with E-state index in [4.69, 9.17) is 0 Å². The number of hydrogen-bond acceptors (Lipinski definition) is 2. The third-order valence-electron chi connectivity index (χ3n) is 1.27. The van der Waals surface area contributed by atoms with Gasteiger partial charge in [0.1, 0.15) is 4.60 Å². The average Bonchev–Trinajstić information content (AvgIpc) is 2.17. The average molecular weight is 330 g/mol. The number of aromatic nitrogens is 2. The Kier molecular flexibility index (Phi) is 5.50. The standard InChI is InChI=1S/C5H6Br2N2.CH4N2S/c1-3-4(6)8-5(7)9(3)2;2-1(3)4/h1-2H3;(H4,2,3,4). The van der Waals surface area contributed by atoms with Crippen molar-refractivity contribution in [3.63, 3.8) is 0 Å². The van der Waals surface area contributed by atoms with Crippen molar-refractivity contribution in [1.82, 2.24) is 9.55 Å². The van der Waals surface area contributed by atoms with Gasteiger partial charge in [-0.3, -0.25) is 0 Å². The van der Waals surface area contributed by atoms with Gasteiger partial charge in [0.2, 0.25) is 0 Å². The highest BCUT2D eigenvalue weighted by molar-refractivity contribution is 9.11. The van der Waals surface area contributed by atoms with E-state index in [9.17, 15) is 0 Å². The molecule has 74 valence electrons. The molecule has 1 rings (SSSR count). The van der Waals surface area contributed by atoms with Crippen molar-refractivity contribution in [3.8, 4) is 0 Å². The summed E-state index contributed by atoms with van der Waals surface area (Å²) in [6.45, 7) is 2.00. The van der Waals surface area contributed by atoms with Crippen molar-refractivity contribution in [2.75, 3.05) is 0 Å². The summed E-state index contributed by atoms with van der Waals surface area (Å²) in [5.74, 6) is 0. The molecule has 7 heteroatoms. The van der Waals surface area contributed by atoms with Crippen LogP contribution in [-0.2, 0) is 7.05 Å². The molecule has 1 heterocycles. The second-order valence-corrected chi connectivity index (χ2v) is 4.15. The predicted octanol–water partition coefficient (Wildman–Crippen LogP) is 1.44. The largest absolute Gasteiger partial charge is 0.377 e. The zero-order valence-electron chi connectivity index (χ0n) is 7.21. The first kappa shape index (κ1) is 12.9. The van der Waals surface area contributed by atoms with E-state index in [2.05, 4.69) is 60.5 Å². The number of imidazole rings is 1. The van der Waals surface area contributed by atoms with E-state index in [-0.39, 0.29) is 5.11 Å². The van der Waals surface area contributed by atoms with E-state index in [1.165, 1.54) is 0 Å². The molecule has 0 saturated heterocycles. The van der Waals surface area contributed by atoms with Crippen LogP contribution >= 0.6 is 44.1 Å². The summed E-state index contributed by atoms with van der Waals surface area (Å²) in [5.41, 5.74) is 10.4. The Labute approximate surface area is 98.9 Å². The fourth-order valence-electron chi connectivity index (χ4n) is 0.514. The summed E-state index contributed by atoms with van der Waals surface area (Å²) >= 11 is 10.7. The monoisotopic (exact) mass is 328 g/mol. The first-order valence-corrected chi connectivity index (χ1v) is 5.25. The molecular formula is C6H10Br2N4S. The van der Waals surface area contributed by atoms with Crippen LogP contribution in [0.4, 0.5) is 0 Å². The number of rotatable bonds is 0. The van der Waals surface area contributed by atoms with Gasteiger partial charge in [0.15, 0.2) is 9.85 Å². The fraction of sp³-hybridized carbons (Fsp3) is 0.333. The summed E-state index contributed by atoms with van der Waals surface area (Å²) in [6, 6.07) is 0. The van der Waals surface area contributed by atoms with E-state index in [1.54, 1.807) is 0 Å². The van der Waals surface area contributed by atoms with Crippen molar-refractivity contribution >= 4 is 49.2 Å². The van der Waals surface area contributed by atoms with Crippen LogP contribution in [0.25, 0.3) is 0 Å². The summed E-state index contributed by atoms with van der Waals surface area (Å²) in [6.07, 6.45) is 0. The lowest BCUT2D eigenvalue weighted by atomic mass is 10.5. The Balaban J connectivity index is 0.000000310. The Morgan fingerprint density at radius 2 is 1.85 bits per heavy atom. The second-order valence-electron chi connectivity index (χ2n) is 2.22. The van der Waals surface area contributed by atoms with Crippen LogP contribution < -0.4 is 11.5 Å². The Morgan fingerprint density at radius 1 is 1.46 bits per heavy atom. The number of halogens is 2. The van der Waals surface area contributed by atoms with Crippen LogP contribution in [0.5, 0.6) is 0 Å². The van der Waals surface area contributed by atoms with Gasteiger partial charge in [-0.25, -0.2) is 4.98 Å². The highest BCUT2D eigenvalue weighted by atomic mass is 79.9. The molecule has 0 amide bonds. The van der Waals surface area contributed by atoms with Crippen LogP contribution in [0, 0.1) is 6.92 Å². The highest BCUT2D eigenvalue weighted by Gasteiger charge is 2.03. The molecule has 0 aliphatic heterocycles. The molecule has 0 radical (unpaired) electrons. The molecule has 1 aromatic rings. The first-order valence-electron chi connectivity index (χ1n) is 3.25. The Morgan fingerprint density at radius 3 is 1.92 bits per heavy atom. The van der Waals surface area contributed by atoms with Gasteiger partial charge in [-0.1, -0.05) is 0 Å². The Hall–Kier alpha value is -0.140. The van der Waals surface area contributed by atoms with Crippen LogP contribution in [0.15, 0.2) is 9.34 Å². The molecule has 0 spiro atoms. The number of nitrogens with two attached hydrogens (primary N) is 2. The van der Waals surface area contributed by atoms with Crippen LogP contribution in [0.2, 0.25) is 0 Å². The number of nitrogens with zero attached hydrogens (tertiary/aromatic N) is 2. The topological polar surface area (TPSA) is 69.9 Å². The van der Waals surface area contributed by atoms with E-state index in [0.29, 0.717) is 0 Å². The van der Waals surface area contributed by atoms with Gasteiger partial charge in [0, 0.05) is 12.7 Å². The van der Waals surface area contributed by atoms with Crippen LogP contribution in [-0.4, -0.2) is 14.7 Å². The molecule has 0 aliphatic carbocycles. The van der Waals surface area contributed by atoms with Crippen LogP contribution in [0.3, 0.4) is 0 Å². The molecule has 0 bridgehead atoms. The van der Waals surface area contributed by atoms with E-state index in [1.807, 2.05) is 18.5 Å². The smallest absolute Gasteiger partial charge is 0.178 e. The quantitative estimate of drug-likeness (QED) is 0.707. The van der Waals surface area contributed by atoms with Gasteiger partial charge >= 0.3 is 0 Å². The minimum atomic E-state index is 0.000000000000000222. The molecule has 0 unspecified atom stereocenters. The summed E-state index contributed by atoms with van der Waals surface area (Å²) in [7, 11) is 1.96. The summed E-state index contributed by atoms with van der Waals surface area (Å²) < 4.78 is 3.72. The lowest BCUT2D eigenvalue weighted by molar-refractivity contribution is 0.845. The van der Waals surface area contributed by atoms with Crippen LogP contribution in [0.1, 0.15) is 5.69 Å². The normalized spacial score (nSPS) is 8.92. The molecule has 0 atom stereocenters. The minimum Gasteiger partial charge on any atom is -0.377 e. The number of thiocarbonyl (C=S) groups is 1. The maximum Gasteiger partial charge on any atom is 0.178 e. The second kappa shape index (κ2) is 5.56. The molecule has 4 nitrogen and oxygen atoms in total. The third-order valence-corrected chi connectivity index (χ3v) is 2.73. The van der Waals surface area contributed by atoms with Crippen molar-refractivity contribution in [2.45, 2.75) is 6.92 Å². The maximum absolute atomic E-state index is 4.62. The van der Waals surface area contributed by atoms with Gasteiger partial charge in [0.25, 0.3) is 0 Å². The molecular weight excluding hydrogens is 320 g/mol. The van der Waals surface area contributed by atoms with Gasteiger partial charge in [-0.15, -0.1) is 0 Å². The molecule has 0 aliphatic rings. The van der Waals surface area contributed by atoms with Gasteiger partial charge in [-0.05, 0) is 51.0 Å². The lowest BCUT2D eigenvalue weighted by Gasteiger charge is -1.93. The third kappa shape index (κ3) is 4.58. The van der Waals surface area contributed by atoms with E-state index in [0.717, 1.165) is 15.0 Å².